The molecular formula is C16H22N6S2. The molecule has 6 nitrogen and oxygen atoms in total. The molecule has 0 spiro atoms. The van der Waals surface area contributed by atoms with Crippen LogP contribution in [0.2, 0.25) is 0 Å². The van der Waals surface area contributed by atoms with E-state index in [1.165, 1.54) is 0 Å². The van der Waals surface area contributed by atoms with E-state index in [0.29, 0.717) is 5.92 Å². The zero-order valence-electron chi connectivity index (χ0n) is 14.2. The van der Waals surface area contributed by atoms with Crippen molar-refractivity contribution in [2.24, 2.45) is 5.92 Å². The minimum atomic E-state index is 0.580. The molecule has 128 valence electrons. The van der Waals surface area contributed by atoms with Crippen LogP contribution in [-0.4, -0.2) is 37.5 Å². The third-order valence-electron chi connectivity index (χ3n) is 3.66. The molecule has 0 atom stereocenters. The molecule has 0 aliphatic carbocycles. The van der Waals surface area contributed by atoms with Gasteiger partial charge in [0.2, 0.25) is 0 Å². The van der Waals surface area contributed by atoms with E-state index in [9.17, 15) is 0 Å². The molecule has 0 saturated carbocycles. The lowest BCUT2D eigenvalue weighted by atomic mass is 10.2. The van der Waals surface area contributed by atoms with Gasteiger partial charge in [0.1, 0.15) is 22.8 Å². The fourth-order valence-corrected chi connectivity index (χ4v) is 3.84. The number of thiophene rings is 1. The minimum absolute atomic E-state index is 0.580. The number of nitrogens with one attached hydrogen (secondary N) is 1. The predicted octanol–water partition coefficient (Wildman–Crippen LogP) is 3.71. The van der Waals surface area contributed by atoms with E-state index in [0.717, 1.165) is 52.9 Å². The van der Waals surface area contributed by atoms with Crippen LogP contribution in [0.1, 0.15) is 26.1 Å². The zero-order valence-corrected chi connectivity index (χ0v) is 15.8. The molecule has 1 N–H and O–H groups in total. The van der Waals surface area contributed by atoms with Crippen LogP contribution in [0.25, 0.3) is 10.2 Å². The van der Waals surface area contributed by atoms with Gasteiger partial charge in [-0.3, -0.25) is 0 Å². The Morgan fingerprint density at radius 1 is 1.29 bits per heavy atom. The predicted molar refractivity (Wildman–Crippen MR) is 101 cm³/mol. The summed E-state index contributed by atoms with van der Waals surface area (Å²) in [5.74, 6) is 2.56. The zero-order chi connectivity index (χ0) is 16.9. The Kier molecular flexibility index (Phi) is 5.68. The number of aryl methyl sites for hydroxylation is 1. The second kappa shape index (κ2) is 7.94. The van der Waals surface area contributed by atoms with Crippen molar-refractivity contribution < 1.29 is 0 Å². The maximum absolute atomic E-state index is 4.37. The SMILES string of the molecule is CSc1nnc(CCCNc2ncnc3sccc23)n1CC(C)C. The van der Waals surface area contributed by atoms with Crippen molar-refractivity contribution in [3.05, 3.63) is 23.6 Å². The molecule has 3 heterocycles. The van der Waals surface area contributed by atoms with Crippen LogP contribution in [0.5, 0.6) is 0 Å². The Labute approximate surface area is 150 Å². The van der Waals surface area contributed by atoms with Gasteiger partial charge in [-0.25, -0.2) is 9.97 Å². The maximum atomic E-state index is 4.37. The Bertz CT molecular complexity index is 795. The Morgan fingerprint density at radius 3 is 2.96 bits per heavy atom. The van der Waals surface area contributed by atoms with Crippen LogP contribution >= 0.6 is 23.1 Å². The Hall–Kier alpha value is -1.67. The standard InChI is InChI=1S/C16H22N6S2/c1-11(2)9-22-13(20-21-16(22)23-3)5-4-7-17-14-12-6-8-24-15(12)19-10-18-14/h6,8,10-11H,4-5,7,9H2,1-3H3,(H,17,18,19). The third kappa shape index (κ3) is 3.87. The lowest BCUT2D eigenvalue weighted by Gasteiger charge is -2.12. The monoisotopic (exact) mass is 362 g/mol. The summed E-state index contributed by atoms with van der Waals surface area (Å²) in [4.78, 5) is 9.64. The van der Waals surface area contributed by atoms with Gasteiger partial charge in [0.25, 0.3) is 0 Å². The molecule has 0 aliphatic heterocycles. The normalized spacial score (nSPS) is 11.5. The van der Waals surface area contributed by atoms with Crippen molar-refractivity contribution >= 4 is 39.1 Å². The number of thioether (sulfide) groups is 1. The highest BCUT2D eigenvalue weighted by molar-refractivity contribution is 7.98. The van der Waals surface area contributed by atoms with E-state index >= 15 is 0 Å². The van der Waals surface area contributed by atoms with E-state index in [2.05, 4.69) is 50.0 Å². The molecule has 8 heteroatoms. The van der Waals surface area contributed by atoms with E-state index in [1.807, 2.05) is 11.6 Å². The number of nitrogens with zero attached hydrogens (tertiary/aromatic N) is 5. The van der Waals surface area contributed by atoms with Gasteiger partial charge in [-0.1, -0.05) is 25.6 Å². The molecule has 0 saturated heterocycles. The fourth-order valence-electron chi connectivity index (χ4n) is 2.59. The summed E-state index contributed by atoms with van der Waals surface area (Å²) in [6, 6.07) is 2.06. The molecule has 3 aromatic rings. The highest BCUT2D eigenvalue weighted by Gasteiger charge is 2.12. The van der Waals surface area contributed by atoms with E-state index in [1.54, 1.807) is 29.4 Å². The summed E-state index contributed by atoms with van der Waals surface area (Å²) in [6.45, 7) is 6.26. The van der Waals surface area contributed by atoms with Crippen LogP contribution in [-0.2, 0) is 13.0 Å². The quantitative estimate of drug-likeness (QED) is 0.487. The van der Waals surface area contributed by atoms with Gasteiger partial charge in [-0.05, 0) is 30.0 Å². The van der Waals surface area contributed by atoms with Gasteiger partial charge < -0.3 is 9.88 Å². The first-order valence-corrected chi connectivity index (χ1v) is 10.2. The van der Waals surface area contributed by atoms with Crippen molar-refractivity contribution in [3.8, 4) is 0 Å². The third-order valence-corrected chi connectivity index (χ3v) is 5.14. The molecule has 0 bridgehead atoms. The average molecular weight is 363 g/mol. The topological polar surface area (TPSA) is 68.5 Å². The lowest BCUT2D eigenvalue weighted by Crippen LogP contribution is -2.12. The maximum Gasteiger partial charge on any atom is 0.190 e. The summed E-state index contributed by atoms with van der Waals surface area (Å²) in [5.41, 5.74) is 0. The molecule has 3 aromatic heterocycles. The molecule has 24 heavy (non-hydrogen) atoms. The number of rotatable bonds is 8. The average Bonchev–Trinajstić information content (AvgIpc) is 3.18. The number of anilines is 1. The van der Waals surface area contributed by atoms with Gasteiger partial charge in [0, 0.05) is 19.5 Å². The smallest absolute Gasteiger partial charge is 0.190 e. The van der Waals surface area contributed by atoms with Crippen LogP contribution < -0.4 is 5.32 Å². The first-order chi connectivity index (χ1) is 11.7. The van der Waals surface area contributed by atoms with E-state index < -0.39 is 0 Å². The number of aromatic nitrogens is 5. The van der Waals surface area contributed by atoms with E-state index in [-0.39, 0.29) is 0 Å². The summed E-state index contributed by atoms with van der Waals surface area (Å²) in [7, 11) is 0. The van der Waals surface area contributed by atoms with Crippen molar-refractivity contribution in [1.82, 2.24) is 24.7 Å². The van der Waals surface area contributed by atoms with Gasteiger partial charge in [0.05, 0.1) is 5.39 Å². The largest absolute Gasteiger partial charge is 0.369 e. The molecule has 0 unspecified atom stereocenters. The highest BCUT2D eigenvalue weighted by Crippen LogP contribution is 2.23. The van der Waals surface area contributed by atoms with Gasteiger partial charge in [-0.2, -0.15) is 0 Å². The Balaban J connectivity index is 1.59. The van der Waals surface area contributed by atoms with Crippen LogP contribution in [0, 0.1) is 5.92 Å². The molecular weight excluding hydrogens is 340 g/mol. The van der Waals surface area contributed by atoms with Gasteiger partial charge in [-0.15, -0.1) is 21.5 Å². The second-order valence-electron chi connectivity index (χ2n) is 6.00. The highest BCUT2D eigenvalue weighted by atomic mass is 32.2. The van der Waals surface area contributed by atoms with Gasteiger partial charge in [0.15, 0.2) is 5.16 Å². The van der Waals surface area contributed by atoms with Crippen LogP contribution in [0.3, 0.4) is 0 Å². The number of fused-ring (bicyclic) bond motifs is 1. The summed E-state index contributed by atoms with van der Waals surface area (Å²) < 4.78 is 2.25. The molecule has 0 fully saturated rings. The van der Waals surface area contributed by atoms with Crippen molar-refractivity contribution in [2.45, 2.75) is 38.4 Å². The fraction of sp³-hybridized carbons (Fsp3) is 0.500. The summed E-state index contributed by atoms with van der Waals surface area (Å²) in [5, 5.41) is 16.2. The van der Waals surface area contributed by atoms with E-state index in [4.69, 9.17) is 0 Å². The summed E-state index contributed by atoms with van der Waals surface area (Å²) >= 11 is 3.29. The van der Waals surface area contributed by atoms with Crippen molar-refractivity contribution in [2.75, 3.05) is 18.1 Å². The molecule has 0 amide bonds. The molecule has 3 rings (SSSR count). The molecule has 0 aliphatic rings. The Morgan fingerprint density at radius 2 is 2.17 bits per heavy atom. The summed E-state index contributed by atoms with van der Waals surface area (Å²) in [6.07, 6.45) is 5.56. The van der Waals surface area contributed by atoms with Crippen molar-refractivity contribution in [1.29, 1.82) is 0 Å². The second-order valence-corrected chi connectivity index (χ2v) is 7.67. The van der Waals surface area contributed by atoms with Crippen molar-refractivity contribution in [3.63, 3.8) is 0 Å². The van der Waals surface area contributed by atoms with Gasteiger partial charge >= 0.3 is 0 Å². The minimum Gasteiger partial charge on any atom is -0.369 e. The number of hydrogen-bond donors (Lipinski definition) is 1. The first-order valence-electron chi connectivity index (χ1n) is 8.07. The number of hydrogen-bond acceptors (Lipinski definition) is 7. The lowest BCUT2D eigenvalue weighted by molar-refractivity contribution is 0.478. The van der Waals surface area contributed by atoms with Crippen LogP contribution in [0.4, 0.5) is 5.82 Å². The first kappa shape index (κ1) is 17.2. The molecule has 0 aromatic carbocycles. The molecule has 0 radical (unpaired) electrons. The van der Waals surface area contributed by atoms with Crippen LogP contribution in [0.15, 0.2) is 22.9 Å².